The first kappa shape index (κ1) is 12.5. The van der Waals surface area contributed by atoms with E-state index in [1.807, 2.05) is 0 Å². The van der Waals surface area contributed by atoms with Gasteiger partial charge in [0.25, 0.3) is 5.56 Å². The van der Waals surface area contributed by atoms with Crippen LogP contribution in [0, 0.1) is 0 Å². The molecule has 0 radical (unpaired) electrons. The van der Waals surface area contributed by atoms with Crippen LogP contribution in [-0.4, -0.2) is 44.1 Å². The van der Waals surface area contributed by atoms with Gasteiger partial charge in [0, 0.05) is 17.1 Å². The maximum Gasteiger partial charge on any atom is 0.330 e. The molecule has 0 aliphatic carbocycles. The van der Waals surface area contributed by atoms with E-state index in [0.29, 0.717) is 0 Å². The fourth-order valence-electron chi connectivity index (χ4n) is 1.82. The number of rotatable bonds is 3. The maximum atomic E-state index is 14.2. The van der Waals surface area contributed by atoms with Gasteiger partial charge in [0.2, 0.25) is 12.0 Å². The van der Waals surface area contributed by atoms with Crippen LogP contribution in [0.5, 0.6) is 0 Å². The Morgan fingerprint density at radius 1 is 1.67 bits per heavy atom. The highest BCUT2D eigenvalue weighted by molar-refractivity contribution is 5.05. The molecule has 2 heterocycles. The molecule has 1 saturated heterocycles. The molecular weight excluding hydrogens is 296 g/mol. The Labute approximate surface area is 116 Å². The number of H-pyrrole nitrogens is 1. The highest BCUT2D eigenvalue weighted by atomic mass is 19.3. The minimum absolute atomic E-state index is 0.0861. The lowest BCUT2D eigenvalue weighted by Gasteiger charge is -2.23. The van der Waals surface area contributed by atoms with Gasteiger partial charge in [-0.15, -0.1) is 0 Å². The third-order valence-electron chi connectivity index (χ3n) is 2.84. The zero-order chi connectivity index (χ0) is 17.6. The molecule has 3 atom stereocenters. The number of nitrogens with one attached hydrogen (secondary N) is 1. The number of alkyl halides is 2. The topological polar surface area (TPSA) is 153 Å². The van der Waals surface area contributed by atoms with Gasteiger partial charge in [0.15, 0.2) is 6.10 Å². The van der Waals surface area contributed by atoms with Crippen LogP contribution in [-0.2, 0) is 4.74 Å². The summed E-state index contributed by atoms with van der Waals surface area (Å²) in [7, 11) is 0. The molecule has 1 aromatic rings. The summed E-state index contributed by atoms with van der Waals surface area (Å²) in [5, 5.41) is 21.6. The molecule has 0 saturated carbocycles. The molecule has 1 aliphatic rings. The second-order valence-electron chi connectivity index (χ2n) is 4.11. The van der Waals surface area contributed by atoms with Crippen molar-refractivity contribution in [2.75, 3.05) is 6.61 Å². The third-order valence-corrected chi connectivity index (χ3v) is 2.84. The first-order valence-corrected chi connectivity index (χ1v) is 5.35. The lowest BCUT2D eigenvalue weighted by atomic mass is 10.1. The molecular formula is C9H9F2N5O5. The quantitative estimate of drug-likeness (QED) is 0.373. The molecule has 10 nitrogen and oxygen atoms in total. The van der Waals surface area contributed by atoms with Crippen molar-refractivity contribution in [3.05, 3.63) is 43.5 Å². The second kappa shape index (κ2) is 4.93. The summed E-state index contributed by atoms with van der Waals surface area (Å²) in [6.45, 7) is -1.34. The van der Waals surface area contributed by atoms with E-state index < -0.39 is 54.1 Å². The van der Waals surface area contributed by atoms with Crippen molar-refractivity contribution >= 4 is 0 Å². The molecule has 1 aliphatic heterocycles. The monoisotopic (exact) mass is 307 g/mol. The van der Waals surface area contributed by atoms with Crippen LogP contribution in [0.15, 0.2) is 26.9 Å². The average molecular weight is 307 g/mol. The van der Waals surface area contributed by atoms with Crippen molar-refractivity contribution in [3.8, 4) is 0 Å². The minimum Gasteiger partial charge on any atom is -0.393 e. The summed E-state index contributed by atoms with van der Waals surface area (Å²) >= 11 is 0. The molecule has 114 valence electrons. The number of ether oxygens (including phenoxy) is 1. The first-order valence-electron chi connectivity index (χ1n) is 6.35. The lowest BCUT2D eigenvalue weighted by Crippen LogP contribution is -2.47. The summed E-state index contributed by atoms with van der Waals surface area (Å²) in [5.41, 5.74) is 2.81. The first-order chi connectivity index (χ1) is 10.6. The van der Waals surface area contributed by atoms with Gasteiger partial charge < -0.3 is 14.9 Å². The highest BCUT2D eigenvalue weighted by Gasteiger charge is 2.67. The van der Waals surface area contributed by atoms with Gasteiger partial charge in [-0.3, -0.25) is 14.3 Å². The average Bonchev–Trinajstić information content (AvgIpc) is 2.67. The van der Waals surface area contributed by atoms with E-state index in [1.54, 1.807) is 0 Å². The van der Waals surface area contributed by atoms with E-state index in [9.17, 15) is 23.5 Å². The van der Waals surface area contributed by atoms with Crippen molar-refractivity contribution < 1.29 is 26.5 Å². The number of aromatic nitrogens is 2. The van der Waals surface area contributed by atoms with E-state index in [-0.39, 0.29) is 4.57 Å². The van der Waals surface area contributed by atoms with Crippen LogP contribution in [0.3, 0.4) is 0 Å². The SMILES string of the molecule is [2H]c1c([2H])n([C@@H]2O[C@@](CO)(N=[N+]=[N-])C(O)C2(F)F)c(=O)[nH]c1=O. The normalized spacial score (nSPS) is 32.2. The third kappa shape index (κ3) is 2.19. The zero-order valence-electron chi connectivity index (χ0n) is 12.0. The molecule has 3 N–H and O–H groups in total. The second-order valence-corrected chi connectivity index (χ2v) is 4.11. The maximum absolute atomic E-state index is 14.2. The number of aromatic amines is 1. The van der Waals surface area contributed by atoms with Crippen LogP contribution in [0.1, 0.15) is 8.97 Å². The highest BCUT2D eigenvalue weighted by Crippen LogP contribution is 2.48. The Morgan fingerprint density at radius 2 is 2.33 bits per heavy atom. The summed E-state index contributed by atoms with van der Waals surface area (Å²) in [6, 6.07) is -1.09. The van der Waals surface area contributed by atoms with Gasteiger partial charge in [-0.05, 0) is 5.53 Å². The Balaban J connectivity index is 2.71. The van der Waals surface area contributed by atoms with Crippen LogP contribution in [0.4, 0.5) is 8.78 Å². The zero-order valence-corrected chi connectivity index (χ0v) is 10.0. The van der Waals surface area contributed by atoms with Gasteiger partial charge in [-0.2, -0.15) is 8.78 Å². The van der Waals surface area contributed by atoms with Gasteiger partial charge in [-0.25, -0.2) is 4.79 Å². The van der Waals surface area contributed by atoms with E-state index in [0.717, 1.165) is 0 Å². The molecule has 0 aromatic carbocycles. The molecule has 1 fully saturated rings. The summed E-state index contributed by atoms with van der Waals surface area (Å²) in [5.74, 6) is -4.28. The minimum atomic E-state index is -4.28. The molecule has 0 bridgehead atoms. The Bertz CT molecular complexity index is 807. The largest absolute Gasteiger partial charge is 0.393 e. The van der Waals surface area contributed by atoms with Gasteiger partial charge in [0.05, 0.1) is 9.35 Å². The Hall–Kier alpha value is -2.27. The fraction of sp³-hybridized carbons (Fsp3) is 0.556. The van der Waals surface area contributed by atoms with E-state index in [4.69, 9.17) is 13.4 Å². The summed E-state index contributed by atoms with van der Waals surface area (Å²) in [6.07, 6.45) is -6.73. The van der Waals surface area contributed by atoms with Crippen molar-refractivity contribution in [1.82, 2.24) is 9.55 Å². The van der Waals surface area contributed by atoms with Gasteiger partial charge >= 0.3 is 11.6 Å². The van der Waals surface area contributed by atoms with E-state index >= 15 is 0 Å². The molecule has 12 heteroatoms. The molecule has 1 unspecified atom stereocenters. The smallest absolute Gasteiger partial charge is 0.330 e. The van der Waals surface area contributed by atoms with Crippen LogP contribution < -0.4 is 11.2 Å². The standard InChI is InChI=1S/C9H9F2N5O5/c10-9(11)5(19)8(3-17,14-15-12)21-6(9)16-2-1-4(18)13-7(16)20/h1-2,5-6,17,19H,3H2,(H,13,18,20)/t5?,6-,8-/m1/s1/i1D,2D. The van der Waals surface area contributed by atoms with Crippen LogP contribution >= 0.6 is 0 Å². The summed E-state index contributed by atoms with van der Waals surface area (Å²) in [4.78, 5) is 26.6. The molecule has 21 heavy (non-hydrogen) atoms. The van der Waals surface area contributed by atoms with Crippen LogP contribution in [0.2, 0.25) is 0 Å². The molecule has 2 rings (SSSR count). The van der Waals surface area contributed by atoms with Crippen molar-refractivity contribution in [1.29, 1.82) is 0 Å². The number of azide groups is 1. The van der Waals surface area contributed by atoms with Crippen molar-refractivity contribution in [3.63, 3.8) is 0 Å². The summed E-state index contributed by atoms with van der Waals surface area (Å²) < 4.78 is 47.8. The number of halogens is 2. The number of nitrogens with zero attached hydrogens (tertiary/aromatic N) is 4. The number of hydrogen-bond donors (Lipinski definition) is 3. The molecule has 0 amide bonds. The number of aliphatic hydroxyl groups is 2. The van der Waals surface area contributed by atoms with Crippen LogP contribution in [0.25, 0.3) is 10.4 Å². The van der Waals surface area contributed by atoms with Gasteiger partial charge in [0.1, 0.15) is 0 Å². The molecule has 1 aromatic heterocycles. The fourth-order valence-corrected chi connectivity index (χ4v) is 1.82. The predicted molar refractivity (Wildman–Crippen MR) is 61.4 cm³/mol. The van der Waals surface area contributed by atoms with Crippen molar-refractivity contribution in [2.24, 2.45) is 5.11 Å². The molecule has 0 spiro atoms. The number of hydrogen-bond acceptors (Lipinski definition) is 6. The number of aliphatic hydroxyl groups excluding tert-OH is 2. The van der Waals surface area contributed by atoms with E-state index in [2.05, 4.69) is 14.8 Å². The van der Waals surface area contributed by atoms with Gasteiger partial charge in [-0.1, -0.05) is 5.11 Å². The van der Waals surface area contributed by atoms with E-state index in [1.165, 1.54) is 4.98 Å². The Morgan fingerprint density at radius 3 is 2.90 bits per heavy atom. The Kier molecular flexibility index (Phi) is 2.93. The lowest BCUT2D eigenvalue weighted by molar-refractivity contribution is -0.144. The van der Waals surface area contributed by atoms with Crippen molar-refractivity contribution in [2.45, 2.75) is 24.0 Å². The predicted octanol–water partition coefficient (Wildman–Crippen LogP) is -0.940.